The lowest BCUT2D eigenvalue weighted by Gasteiger charge is -2.09. The molecule has 0 aliphatic carbocycles. The maximum Gasteiger partial charge on any atom is 0.273 e. The molecule has 0 radical (unpaired) electrons. The number of halogens is 2. The topological polar surface area (TPSA) is 76.0 Å². The molecule has 1 aromatic heterocycles. The zero-order valence-corrected chi connectivity index (χ0v) is 15.8. The maximum absolute atomic E-state index is 12.5. The summed E-state index contributed by atoms with van der Waals surface area (Å²) in [5.74, 6) is -0.491. The fourth-order valence-electron chi connectivity index (χ4n) is 2.09. The quantitative estimate of drug-likeness (QED) is 0.796. The van der Waals surface area contributed by atoms with Crippen LogP contribution >= 0.6 is 23.2 Å². The fraction of sp³-hybridized carbons (Fsp3) is 0.353. The highest BCUT2D eigenvalue weighted by Crippen LogP contribution is 2.26. The summed E-state index contributed by atoms with van der Waals surface area (Å²) in [6, 6.07) is 4.79. The Hall–Kier alpha value is -2.05. The van der Waals surface area contributed by atoms with Crippen LogP contribution in [0.1, 0.15) is 41.6 Å². The van der Waals surface area contributed by atoms with Crippen LogP contribution in [0.4, 0.5) is 5.69 Å². The minimum atomic E-state index is -0.457. The minimum Gasteiger partial charge on any atom is -0.350 e. The smallest absolute Gasteiger partial charge is 0.273 e. The van der Waals surface area contributed by atoms with Gasteiger partial charge in [0.15, 0.2) is 5.69 Å². The van der Waals surface area contributed by atoms with Gasteiger partial charge in [0.05, 0.1) is 21.3 Å². The van der Waals surface area contributed by atoms with Gasteiger partial charge in [-0.25, -0.2) is 0 Å². The molecular weight excluding hydrogens is 363 g/mol. The number of anilines is 1. The van der Waals surface area contributed by atoms with E-state index in [0.717, 1.165) is 0 Å². The van der Waals surface area contributed by atoms with Crippen LogP contribution in [0.3, 0.4) is 0 Å². The van der Waals surface area contributed by atoms with Crippen molar-refractivity contribution in [3.8, 4) is 0 Å². The lowest BCUT2D eigenvalue weighted by molar-refractivity contribution is 0.0944. The highest BCUT2D eigenvalue weighted by Gasteiger charge is 2.20. The number of hydrogen-bond donors (Lipinski definition) is 2. The number of nitrogens with zero attached hydrogens (tertiary/aromatic N) is 2. The van der Waals surface area contributed by atoms with Gasteiger partial charge in [-0.3, -0.25) is 14.3 Å². The van der Waals surface area contributed by atoms with Crippen molar-refractivity contribution < 1.29 is 9.59 Å². The van der Waals surface area contributed by atoms with Gasteiger partial charge in [0.25, 0.3) is 11.8 Å². The molecule has 134 valence electrons. The molecule has 2 rings (SSSR count). The molecule has 2 amide bonds. The van der Waals surface area contributed by atoms with E-state index in [-0.39, 0.29) is 27.2 Å². The van der Waals surface area contributed by atoms with Gasteiger partial charge in [0.1, 0.15) is 0 Å². The average molecular weight is 383 g/mol. The normalized spacial score (nSPS) is 10.8. The molecule has 0 bridgehead atoms. The summed E-state index contributed by atoms with van der Waals surface area (Å²) < 4.78 is 1.58. The van der Waals surface area contributed by atoms with E-state index in [4.69, 9.17) is 23.2 Å². The minimum absolute atomic E-state index is 0.161. The predicted octanol–water partition coefficient (Wildman–Crippen LogP) is 3.85. The van der Waals surface area contributed by atoms with Gasteiger partial charge in [0, 0.05) is 19.3 Å². The molecule has 0 unspecified atom stereocenters. The summed E-state index contributed by atoms with van der Waals surface area (Å²) in [7, 11) is 0. The van der Waals surface area contributed by atoms with Gasteiger partial charge >= 0.3 is 0 Å². The van der Waals surface area contributed by atoms with Crippen LogP contribution < -0.4 is 10.6 Å². The Balaban J connectivity index is 2.26. The summed E-state index contributed by atoms with van der Waals surface area (Å²) in [4.78, 5) is 24.9. The second kappa shape index (κ2) is 8.36. The van der Waals surface area contributed by atoms with Crippen molar-refractivity contribution in [1.82, 2.24) is 15.1 Å². The van der Waals surface area contributed by atoms with Crippen molar-refractivity contribution >= 4 is 40.7 Å². The van der Waals surface area contributed by atoms with Crippen molar-refractivity contribution in [2.75, 3.05) is 11.9 Å². The Morgan fingerprint density at radius 3 is 2.60 bits per heavy atom. The first-order chi connectivity index (χ1) is 11.8. The Morgan fingerprint density at radius 2 is 1.96 bits per heavy atom. The van der Waals surface area contributed by atoms with E-state index < -0.39 is 5.91 Å². The lowest BCUT2D eigenvalue weighted by atomic mass is 10.2. The van der Waals surface area contributed by atoms with Crippen LogP contribution in [0.2, 0.25) is 10.0 Å². The molecule has 0 spiro atoms. The molecular formula is C17H20Cl2N4O2. The zero-order valence-electron chi connectivity index (χ0n) is 14.3. The highest BCUT2D eigenvalue weighted by molar-refractivity contribution is 6.44. The number of carbonyl (C=O) groups excluding carboxylic acids is 2. The van der Waals surface area contributed by atoms with Crippen LogP contribution in [0.25, 0.3) is 0 Å². The van der Waals surface area contributed by atoms with Gasteiger partial charge in [-0.1, -0.05) is 43.1 Å². The van der Waals surface area contributed by atoms with E-state index in [1.54, 1.807) is 29.1 Å². The summed E-state index contributed by atoms with van der Waals surface area (Å²) in [5.41, 5.74) is 0.713. The average Bonchev–Trinajstić information content (AvgIpc) is 2.98. The number of amides is 2. The standard InChI is InChI=1S/C17H20Cl2N4O2/c1-4-23-9-13(15(22-23)17(25)20-8-10(2)3)21-16(24)11-6-5-7-12(18)14(11)19/h5-7,9-10H,4,8H2,1-3H3,(H,20,25)(H,21,24). The Labute approximate surface area is 156 Å². The van der Waals surface area contributed by atoms with E-state index >= 15 is 0 Å². The summed E-state index contributed by atoms with van der Waals surface area (Å²) in [5, 5.41) is 10.2. The van der Waals surface area contributed by atoms with E-state index in [1.807, 2.05) is 20.8 Å². The van der Waals surface area contributed by atoms with Crippen molar-refractivity contribution in [3.63, 3.8) is 0 Å². The summed E-state index contributed by atoms with van der Waals surface area (Å²) in [6.07, 6.45) is 1.61. The van der Waals surface area contributed by atoms with E-state index in [9.17, 15) is 9.59 Å². The van der Waals surface area contributed by atoms with Crippen LogP contribution in [0.15, 0.2) is 24.4 Å². The number of carbonyl (C=O) groups is 2. The van der Waals surface area contributed by atoms with Crippen LogP contribution in [-0.2, 0) is 6.54 Å². The molecule has 6 nitrogen and oxygen atoms in total. The maximum atomic E-state index is 12.5. The molecule has 0 aliphatic rings. The number of aromatic nitrogens is 2. The molecule has 0 saturated carbocycles. The molecule has 25 heavy (non-hydrogen) atoms. The Morgan fingerprint density at radius 1 is 1.24 bits per heavy atom. The molecule has 0 saturated heterocycles. The third-order valence-corrected chi connectivity index (χ3v) is 4.23. The van der Waals surface area contributed by atoms with Crippen molar-refractivity contribution in [3.05, 3.63) is 45.7 Å². The molecule has 2 N–H and O–H groups in total. The van der Waals surface area contributed by atoms with Crippen LogP contribution in [0, 0.1) is 5.92 Å². The zero-order chi connectivity index (χ0) is 18.6. The van der Waals surface area contributed by atoms with E-state index in [2.05, 4.69) is 15.7 Å². The molecule has 0 fully saturated rings. The van der Waals surface area contributed by atoms with Crippen molar-refractivity contribution in [2.24, 2.45) is 5.92 Å². The summed E-state index contributed by atoms with van der Waals surface area (Å²) >= 11 is 12.0. The van der Waals surface area contributed by atoms with Gasteiger partial charge < -0.3 is 10.6 Å². The Bertz CT molecular complexity index is 787. The van der Waals surface area contributed by atoms with Gasteiger partial charge in [-0.2, -0.15) is 5.10 Å². The predicted molar refractivity (Wildman–Crippen MR) is 99.5 cm³/mol. The SMILES string of the molecule is CCn1cc(NC(=O)c2cccc(Cl)c2Cl)c(C(=O)NCC(C)C)n1. The number of rotatable bonds is 6. The van der Waals surface area contributed by atoms with Gasteiger partial charge in [0.2, 0.25) is 0 Å². The molecule has 1 aromatic carbocycles. The number of benzene rings is 1. The summed E-state index contributed by atoms with van der Waals surface area (Å²) in [6.45, 7) is 6.97. The first-order valence-corrected chi connectivity index (χ1v) is 8.70. The van der Waals surface area contributed by atoms with Crippen molar-refractivity contribution in [1.29, 1.82) is 0 Å². The second-order valence-electron chi connectivity index (χ2n) is 5.91. The second-order valence-corrected chi connectivity index (χ2v) is 6.69. The Kier molecular flexibility index (Phi) is 6.45. The third-order valence-electron chi connectivity index (χ3n) is 3.42. The van der Waals surface area contributed by atoms with Gasteiger partial charge in [-0.15, -0.1) is 0 Å². The van der Waals surface area contributed by atoms with Crippen molar-refractivity contribution in [2.45, 2.75) is 27.3 Å². The number of aryl methyl sites for hydroxylation is 1. The first kappa shape index (κ1) is 19.3. The fourth-order valence-corrected chi connectivity index (χ4v) is 2.48. The monoisotopic (exact) mass is 382 g/mol. The molecule has 2 aromatic rings. The number of nitrogens with one attached hydrogen (secondary N) is 2. The van der Waals surface area contributed by atoms with E-state index in [1.165, 1.54) is 0 Å². The third kappa shape index (κ3) is 4.74. The van der Waals surface area contributed by atoms with Gasteiger partial charge in [-0.05, 0) is 25.0 Å². The lowest BCUT2D eigenvalue weighted by Crippen LogP contribution is -2.28. The van der Waals surface area contributed by atoms with Crippen LogP contribution in [0.5, 0.6) is 0 Å². The molecule has 0 atom stereocenters. The van der Waals surface area contributed by atoms with E-state index in [0.29, 0.717) is 24.7 Å². The largest absolute Gasteiger partial charge is 0.350 e. The molecule has 0 aliphatic heterocycles. The highest BCUT2D eigenvalue weighted by atomic mass is 35.5. The van der Waals surface area contributed by atoms with Crippen LogP contribution in [-0.4, -0.2) is 28.1 Å². The number of hydrogen-bond acceptors (Lipinski definition) is 3. The molecule has 1 heterocycles. The molecule has 8 heteroatoms. The first-order valence-electron chi connectivity index (χ1n) is 7.94.